The third-order valence-electron chi connectivity index (χ3n) is 1.41. The molecule has 1 aromatic rings. The minimum Gasteiger partial charge on any atom is -0.378 e. The summed E-state index contributed by atoms with van der Waals surface area (Å²) in [6.45, 7) is 0.483. The van der Waals surface area contributed by atoms with Crippen LogP contribution in [0.5, 0.6) is 0 Å². The minimum atomic E-state index is 0.444. The van der Waals surface area contributed by atoms with Crippen LogP contribution in [0.15, 0.2) is 6.07 Å². The zero-order chi connectivity index (χ0) is 8.27. The Hall–Kier alpha value is -1.16. The fourth-order valence-electron chi connectivity index (χ4n) is 0.871. The fraction of sp³-hybridized carbons (Fsp3) is 0.429. The van der Waals surface area contributed by atoms with Crippen molar-refractivity contribution in [2.75, 3.05) is 7.11 Å². The minimum absolute atomic E-state index is 0.444. The second-order valence-corrected chi connectivity index (χ2v) is 2.24. The smallest absolute Gasteiger partial charge is 0.170 e. The predicted molar refractivity (Wildman–Crippen MR) is 39.3 cm³/mol. The Balaban J connectivity index is 2.87. The summed E-state index contributed by atoms with van der Waals surface area (Å²) >= 11 is 0. The van der Waals surface area contributed by atoms with E-state index < -0.39 is 0 Å². The van der Waals surface area contributed by atoms with Crippen molar-refractivity contribution in [2.45, 2.75) is 6.61 Å². The lowest BCUT2D eigenvalue weighted by molar-refractivity contribution is 0.111. The molecule has 0 atom stereocenters. The van der Waals surface area contributed by atoms with Gasteiger partial charge in [0.05, 0.1) is 12.3 Å². The molecule has 0 fully saturated rings. The first kappa shape index (κ1) is 7.94. The van der Waals surface area contributed by atoms with Gasteiger partial charge in [-0.05, 0) is 6.07 Å². The summed E-state index contributed by atoms with van der Waals surface area (Å²) in [4.78, 5) is 10.3. The van der Waals surface area contributed by atoms with Crippen molar-refractivity contribution in [3.05, 3.63) is 17.5 Å². The SMILES string of the molecule is COCc1cc(C=O)nn1C. The largest absolute Gasteiger partial charge is 0.378 e. The van der Waals surface area contributed by atoms with E-state index in [9.17, 15) is 4.79 Å². The van der Waals surface area contributed by atoms with E-state index in [1.165, 1.54) is 0 Å². The van der Waals surface area contributed by atoms with Gasteiger partial charge in [0.15, 0.2) is 6.29 Å². The van der Waals surface area contributed by atoms with E-state index in [4.69, 9.17) is 4.74 Å². The Labute approximate surface area is 64.8 Å². The Morgan fingerprint density at radius 1 is 1.82 bits per heavy atom. The monoisotopic (exact) mass is 154 g/mol. The van der Waals surface area contributed by atoms with Crippen LogP contribution in [0, 0.1) is 0 Å². The van der Waals surface area contributed by atoms with Gasteiger partial charge in [0.25, 0.3) is 0 Å². The number of nitrogens with zero attached hydrogens (tertiary/aromatic N) is 2. The standard InChI is InChI=1S/C7H10N2O2/c1-9-7(5-11-2)3-6(4-10)8-9/h3-4H,5H2,1-2H3. The second-order valence-electron chi connectivity index (χ2n) is 2.24. The molecule has 0 unspecified atom stereocenters. The molecule has 0 aromatic carbocycles. The number of hydrogen-bond acceptors (Lipinski definition) is 3. The zero-order valence-corrected chi connectivity index (χ0v) is 6.57. The highest BCUT2D eigenvalue weighted by atomic mass is 16.5. The van der Waals surface area contributed by atoms with Crippen LogP contribution in [-0.2, 0) is 18.4 Å². The van der Waals surface area contributed by atoms with Crippen LogP contribution in [0.1, 0.15) is 16.2 Å². The fourth-order valence-corrected chi connectivity index (χ4v) is 0.871. The zero-order valence-electron chi connectivity index (χ0n) is 6.57. The van der Waals surface area contributed by atoms with Crippen LogP contribution < -0.4 is 0 Å². The van der Waals surface area contributed by atoms with E-state index >= 15 is 0 Å². The Morgan fingerprint density at radius 2 is 2.55 bits per heavy atom. The highest BCUT2D eigenvalue weighted by Gasteiger charge is 2.02. The topological polar surface area (TPSA) is 44.1 Å². The van der Waals surface area contributed by atoms with Crippen LogP contribution >= 0.6 is 0 Å². The molecule has 0 amide bonds. The summed E-state index contributed by atoms with van der Waals surface area (Å²) < 4.78 is 6.52. The Kier molecular flexibility index (Phi) is 2.38. The molecule has 0 N–H and O–H groups in total. The molecule has 0 saturated heterocycles. The maximum Gasteiger partial charge on any atom is 0.170 e. The van der Waals surface area contributed by atoms with Gasteiger partial charge in [0.2, 0.25) is 0 Å². The van der Waals surface area contributed by atoms with Gasteiger partial charge in [0.1, 0.15) is 5.69 Å². The molecule has 0 radical (unpaired) electrons. The second kappa shape index (κ2) is 3.30. The van der Waals surface area contributed by atoms with Crippen LogP contribution in [0.4, 0.5) is 0 Å². The number of carbonyl (C=O) groups is 1. The molecule has 1 heterocycles. The molecule has 0 spiro atoms. The number of carbonyl (C=O) groups excluding carboxylic acids is 1. The molecular weight excluding hydrogens is 144 g/mol. The number of hydrogen-bond donors (Lipinski definition) is 0. The molecule has 0 saturated carbocycles. The first-order valence-corrected chi connectivity index (χ1v) is 3.25. The van der Waals surface area contributed by atoms with E-state index in [1.807, 2.05) is 0 Å². The quantitative estimate of drug-likeness (QED) is 0.591. The average Bonchev–Trinajstić information content (AvgIpc) is 2.33. The van der Waals surface area contributed by atoms with Gasteiger partial charge in [-0.3, -0.25) is 9.48 Å². The lowest BCUT2D eigenvalue weighted by atomic mass is 10.4. The van der Waals surface area contributed by atoms with Gasteiger partial charge in [-0.25, -0.2) is 0 Å². The third kappa shape index (κ3) is 1.65. The van der Waals surface area contributed by atoms with Crippen LogP contribution in [0.3, 0.4) is 0 Å². The van der Waals surface area contributed by atoms with Crippen molar-refractivity contribution >= 4 is 6.29 Å². The molecule has 0 aliphatic heterocycles. The molecule has 4 nitrogen and oxygen atoms in total. The molecule has 0 aliphatic rings. The molecule has 11 heavy (non-hydrogen) atoms. The first-order valence-electron chi connectivity index (χ1n) is 3.25. The summed E-state index contributed by atoms with van der Waals surface area (Å²) in [7, 11) is 3.38. The number of methoxy groups -OCH3 is 1. The van der Waals surface area contributed by atoms with Crippen molar-refractivity contribution in [3.8, 4) is 0 Å². The maximum atomic E-state index is 10.3. The van der Waals surface area contributed by atoms with Crippen molar-refractivity contribution in [3.63, 3.8) is 0 Å². The Morgan fingerprint density at radius 3 is 3.00 bits per heavy atom. The Bertz CT molecular complexity index is 255. The lowest BCUT2D eigenvalue weighted by Crippen LogP contribution is -1.98. The first-order chi connectivity index (χ1) is 5.27. The summed E-state index contributed by atoms with van der Waals surface area (Å²) in [5.74, 6) is 0. The normalized spacial score (nSPS) is 10.0. The van der Waals surface area contributed by atoms with Crippen molar-refractivity contribution in [1.82, 2.24) is 9.78 Å². The van der Waals surface area contributed by atoms with E-state index in [1.54, 1.807) is 24.9 Å². The van der Waals surface area contributed by atoms with Gasteiger partial charge in [0, 0.05) is 14.2 Å². The highest BCUT2D eigenvalue weighted by molar-refractivity contribution is 5.71. The number of ether oxygens (including phenoxy) is 1. The lowest BCUT2D eigenvalue weighted by Gasteiger charge is -1.97. The summed E-state index contributed by atoms with van der Waals surface area (Å²) in [5.41, 5.74) is 1.34. The van der Waals surface area contributed by atoms with E-state index in [2.05, 4.69) is 5.10 Å². The van der Waals surface area contributed by atoms with Gasteiger partial charge >= 0.3 is 0 Å². The van der Waals surface area contributed by atoms with Crippen molar-refractivity contribution in [2.24, 2.45) is 7.05 Å². The number of aromatic nitrogens is 2. The van der Waals surface area contributed by atoms with Gasteiger partial charge in [-0.2, -0.15) is 5.10 Å². The number of aryl methyl sites for hydroxylation is 1. The van der Waals surface area contributed by atoms with Crippen LogP contribution in [0.25, 0.3) is 0 Å². The molecule has 0 bridgehead atoms. The molecule has 1 aromatic heterocycles. The predicted octanol–water partition coefficient (Wildman–Crippen LogP) is 0.379. The summed E-state index contributed by atoms with van der Waals surface area (Å²) in [6.07, 6.45) is 0.721. The molecule has 60 valence electrons. The third-order valence-corrected chi connectivity index (χ3v) is 1.41. The summed E-state index contributed by atoms with van der Waals surface area (Å²) in [5, 5.41) is 3.92. The molecular formula is C7H10N2O2. The molecule has 0 aliphatic carbocycles. The van der Waals surface area contributed by atoms with Crippen LogP contribution in [-0.4, -0.2) is 23.2 Å². The van der Waals surface area contributed by atoms with Crippen LogP contribution in [0.2, 0.25) is 0 Å². The van der Waals surface area contributed by atoms with Crippen molar-refractivity contribution < 1.29 is 9.53 Å². The van der Waals surface area contributed by atoms with E-state index in [0.717, 1.165) is 12.0 Å². The van der Waals surface area contributed by atoms with Gasteiger partial charge < -0.3 is 4.74 Å². The summed E-state index contributed by atoms with van der Waals surface area (Å²) in [6, 6.07) is 1.70. The number of rotatable bonds is 3. The molecule has 1 rings (SSSR count). The number of aldehydes is 1. The van der Waals surface area contributed by atoms with E-state index in [-0.39, 0.29) is 0 Å². The average molecular weight is 154 g/mol. The van der Waals surface area contributed by atoms with E-state index in [0.29, 0.717) is 12.3 Å². The van der Waals surface area contributed by atoms with Crippen molar-refractivity contribution in [1.29, 1.82) is 0 Å². The van der Waals surface area contributed by atoms with Gasteiger partial charge in [-0.1, -0.05) is 0 Å². The molecule has 4 heteroatoms. The van der Waals surface area contributed by atoms with Gasteiger partial charge in [-0.15, -0.1) is 0 Å². The highest BCUT2D eigenvalue weighted by Crippen LogP contribution is 2.01. The maximum absolute atomic E-state index is 10.3.